The number of benzene rings is 2. The highest BCUT2D eigenvalue weighted by Gasteiger charge is 2.05. The lowest BCUT2D eigenvalue weighted by molar-refractivity contribution is 0.475. The van der Waals surface area contributed by atoms with Gasteiger partial charge in [0.15, 0.2) is 0 Å². The molecule has 18 heavy (non-hydrogen) atoms. The Kier molecular flexibility index (Phi) is 2.73. The lowest BCUT2D eigenvalue weighted by Crippen LogP contribution is -1.79. The van der Waals surface area contributed by atoms with Gasteiger partial charge in [-0.2, -0.15) is 0 Å². The molecular formula is C14H10ClNOS. The molecule has 1 aromatic heterocycles. The second kappa shape index (κ2) is 4.26. The SMILES string of the molecule is Cc1nc2cc(-c3ccc(O)c(Cl)c3)ccc2s1. The number of phenols is 1. The number of fused-ring (bicyclic) bond motifs is 1. The second-order valence-corrected chi connectivity index (χ2v) is 5.72. The lowest BCUT2D eigenvalue weighted by Gasteiger charge is -2.03. The average Bonchev–Trinajstić information content (AvgIpc) is 2.71. The van der Waals surface area contributed by atoms with Crippen molar-refractivity contribution in [2.75, 3.05) is 0 Å². The highest BCUT2D eigenvalue weighted by molar-refractivity contribution is 7.18. The molecule has 1 heterocycles. The Bertz CT molecular complexity index is 736. The molecule has 0 bridgehead atoms. The van der Waals surface area contributed by atoms with Crippen LogP contribution in [0, 0.1) is 6.92 Å². The van der Waals surface area contributed by atoms with E-state index in [0.29, 0.717) is 5.02 Å². The molecule has 0 fully saturated rings. The van der Waals surface area contributed by atoms with Gasteiger partial charge in [-0.25, -0.2) is 4.98 Å². The Labute approximate surface area is 113 Å². The fourth-order valence-corrected chi connectivity index (χ4v) is 2.90. The smallest absolute Gasteiger partial charge is 0.134 e. The molecule has 0 radical (unpaired) electrons. The zero-order chi connectivity index (χ0) is 12.7. The van der Waals surface area contributed by atoms with Crippen LogP contribution in [-0.2, 0) is 0 Å². The van der Waals surface area contributed by atoms with E-state index in [0.717, 1.165) is 21.7 Å². The van der Waals surface area contributed by atoms with E-state index in [9.17, 15) is 5.11 Å². The van der Waals surface area contributed by atoms with Crippen molar-refractivity contribution in [3.8, 4) is 16.9 Å². The molecule has 0 saturated carbocycles. The standard InChI is InChI=1S/C14H10ClNOS/c1-8-16-12-7-10(3-5-14(12)18-8)9-2-4-13(17)11(15)6-9/h2-7,17H,1H3. The second-order valence-electron chi connectivity index (χ2n) is 4.08. The van der Waals surface area contributed by atoms with Crippen molar-refractivity contribution in [3.05, 3.63) is 46.4 Å². The van der Waals surface area contributed by atoms with Gasteiger partial charge in [0.1, 0.15) is 5.75 Å². The third-order valence-corrected chi connectivity index (χ3v) is 4.03. The molecule has 0 aliphatic rings. The van der Waals surface area contributed by atoms with Gasteiger partial charge in [0.05, 0.1) is 20.2 Å². The van der Waals surface area contributed by atoms with Gasteiger partial charge >= 0.3 is 0 Å². The molecule has 0 unspecified atom stereocenters. The Hall–Kier alpha value is -1.58. The summed E-state index contributed by atoms with van der Waals surface area (Å²) < 4.78 is 1.18. The zero-order valence-corrected chi connectivity index (χ0v) is 11.2. The first-order valence-corrected chi connectivity index (χ1v) is 6.69. The monoisotopic (exact) mass is 275 g/mol. The summed E-state index contributed by atoms with van der Waals surface area (Å²) in [7, 11) is 0. The summed E-state index contributed by atoms with van der Waals surface area (Å²) in [6.45, 7) is 2.00. The predicted molar refractivity (Wildman–Crippen MR) is 76.5 cm³/mol. The largest absolute Gasteiger partial charge is 0.506 e. The van der Waals surface area contributed by atoms with Gasteiger partial charge in [0, 0.05) is 0 Å². The number of hydrogen-bond acceptors (Lipinski definition) is 3. The first-order chi connectivity index (χ1) is 8.63. The topological polar surface area (TPSA) is 33.1 Å². The summed E-state index contributed by atoms with van der Waals surface area (Å²) in [4.78, 5) is 4.48. The number of aromatic nitrogens is 1. The zero-order valence-electron chi connectivity index (χ0n) is 9.64. The van der Waals surface area contributed by atoms with Crippen LogP contribution in [0.2, 0.25) is 5.02 Å². The quantitative estimate of drug-likeness (QED) is 0.702. The van der Waals surface area contributed by atoms with Crippen molar-refractivity contribution in [2.24, 2.45) is 0 Å². The minimum atomic E-state index is 0.103. The van der Waals surface area contributed by atoms with Gasteiger partial charge in [-0.3, -0.25) is 0 Å². The number of aromatic hydroxyl groups is 1. The van der Waals surface area contributed by atoms with E-state index < -0.39 is 0 Å². The van der Waals surface area contributed by atoms with Crippen molar-refractivity contribution in [1.82, 2.24) is 4.98 Å². The van der Waals surface area contributed by atoms with E-state index in [1.54, 1.807) is 23.5 Å². The molecule has 0 aliphatic carbocycles. The highest BCUT2D eigenvalue weighted by atomic mass is 35.5. The van der Waals surface area contributed by atoms with Crippen LogP contribution >= 0.6 is 22.9 Å². The van der Waals surface area contributed by atoms with Crippen molar-refractivity contribution in [1.29, 1.82) is 0 Å². The normalized spacial score (nSPS) is 11.0. The summed E-state index contributed by atoms with van der Waals surface area (Å²) >= 11 is 7.61. The van der Waals surface area contributed by atoms with Gasteiger partial charge in [0.2, 0.25) is 0 Å². The van der Waals surface area contributed by atoms with Crippen molar-refractivity contribution >= 4 is 33.2 Å². The third kappa shape index (κ3) is 1.96. The molecule has 0 atom stereocenters. The molecule has 3 rings (SSSR count). The average molecular weight is 276 g/mol. The first kappa shape index (κ1) is 11.5. The molecule has 3 aromatic rings. The maximum absolute atomic E-state index is 9.42. The molecule has 90 valence electrons. The van der Waals surface area contributed by atoms with E-state index in [4.69, 9.17) is 11.6 Å². The van der Waals surface area contributed by atoms with E-state index in [-0.39, 0.29) is 5.75 Å². The van der Waals surface area contributed by atoms with Crippen molar-refractivity contribution in [3.63, 3.8) is 0 Å². The Morgan fingerprint density at radius 2 is 1.83 bits per heavy atom. The van der Waals surface area contributed by atoms with Gasteiger partial charge < -0.3 is 5.11 Å². The maximum atomic E-state index is 9.42. The summed E-state index contributed by atoms with van der Waals surface area (Å²) in [5, 5.41) is 10.8. The fraction of sp³-hybridized carbons (Fsp3) is 0.0714. The number of aryl methyl sites for hydroxylation is 1. The molecule has 0 aliphatic heterocycles. The summed E-state index contributed by atoms with van der Waals surface area (Å²) in [6, 6.07) is 11.4. The highest BCUT2D eigenvalue weighted by Crippen LogP contribution is 2.31. The van der Waals surface area contributed by atoms with E-state index >= 15 is 0 Å². The summed E-state index contributed by atoms with van der Waals surface area (Å²) in [5.74, 6) is 0.103. The predicted octanol–water partition coefficient (Wildman–Crippen LogP) is 4.63. The van der Waals surface area contributed by atoms with Gasteiger partial charge in [-0.1, -0.05) is 23.7 Å². The van der Waals surface area contributed by atoms with E-state index in [1.807, 2.05) is 25.1 Å². The Morgan fingerprint density at radius 3 is 2.61 bits per heavy atom. The van der Waals surface area contributed by atoms with Crippen LogP contribution < -0.4 is 0 Å². The molecule has 1 N–H and O–H groups in total. The molecule has 2 nitrogen and oxygen atoms in total. The molecule has 2 aromatic carbocycles. The van der Waals surface area contributed by atoms with Gasteiger partial charge in [-0.15, -0.1) is 11.3 Å². The lowest BCUT2D eigenvalue weighted by atomic mass is 10.1. The molecule has 0 saturated heterocycles. The molecule has 0 spiro atoms. The minimum Gasteiger partial charge on any atom is -0.506 e. The van der Waals surface area contributed by atoms with Crippen LogP contribution in [-0.4, -0.2) is 10.1 Å². The van der Waals surface area contributed by atoms with E-state index in [1.165, 1.54) is 4.70 Å². The number of thiazole rings is 1. The van der Waals surface area contributed by atoms with Crippen molar-refractivity contribution < 1.29 is 5.11 Å². The fourth-order valence-electron chi connectivity index (χ4n) is 1.91. The number of nitrogens with zero attached hydrogens (tertiary/aromatic N) is 1. The van der Waals surface area contributed by atoms with Crippen LogP contribution in [0.15, 0.2) is 36.4 Å². The number of halogens is 1. The third-order valence-electron chi connectivity index (χ3n) is 2.78. The molecule has 4 heteroatoms. The van der Waals surface area contributed by atoms with E-state index in [2.05, 4.69) is 11.1 Å². The van der Waals surface area contributed by atoms with Crippen LogP contribution in [0.25, 0.3) is 21.3 Å². The van der Waals surface area contributed by atoms with Crippen molar-refractivity contribution in [2.45, 2.75) is 6.92 Å². The van der Waals surface area contributed by atoms with Crippen LogP contribution in [0.1, 0.15) is 5.01 Å². The first-order valence-electron chi connectivity index (χ1n) is 5.49. The Balaban J connectivity index is 2.15. The summed E-state index contributed by atoms with van der Waals surface area (Å²) in [6.07, 6.45) is 0. The maximum Gasteiger partial charge on any atom is 0.134 e. The number of phenolic OH excluding ortho intramolecular Hbond substituents is 1. The van der Waals surface area contributed by atoms with Gasteiger partial charge in [-0.05, 0) is 42.3 Å². The summed E-state index contributed by atoms with van der Waals surface area (Å²) in [5.41, 5.74) is 3.03. The van der Waals surface area contributed by atoms with Crippen LogP contribution in [0.3, 0.4) is 0 Å². The number of hydrogen-bond donors (Lipinski definition) is 1. The van der Waals surface area contributed by atoms with Gasteiger partial charge in [0.25, 0.3) is 0 Å². The minimum absolute atomic E-state index is 0.103. The Morgan fingerprint density at radius 1 is 1.11 bits per heavy atom. The van der Waals surface area contributed by atoms with Crippen LogP contribution in [0.5, 0.6) is 5.75 Å². The molecule has 0 amide bonds. The van der Waals surface area contributed by atoms with Crippen LogP contribution in [0.4, 0.5) is 0 Å². The number of rotatable bonds is 1. The molecular weight excluding hydrogens is 266 g/mol.